The fraction of sp³-hybridized carbons (Fsp3) is 0.833. The number of carbonyl (C=O) groups excluding carboxylic acids is 3. The molecule has 1 amide bonds. The number of rotatable bonds is 4. The van der Waals surface area contributed by atoms with Gasteiger partial charge in [0.15, 0.2) is 12.4 Å². The number of esters is 2. The SMILES string of the molecule is CC(=O)N[C@@H]1[C@@H](O)[C@@H](OC(=O)C(C)(C)C)[C@@H](COC(=O)C(C)(C)C)O[C@@H]1O. The highest BCUT2D eigenvalue weighted by molar-refractivity contribution is 5.76. The van der Waals surface area contributed by atoms with Crippen molar-refractivity contribution in [3.63, 3.8) is 0 Å². The van der Waals surface area contributed by atoms with E-state index in [1.165, 1.54) is 6.92 Å². The molecular formula is C18H31NO8. The van der Waals surface area contributed by atoms with Gasteiger partial charge in [0.2, 0.25) is 5.91 Å². The van der Waals surface area contributed by atoms with Gasteiger partial charge in [-0.25, -0.2) is 0 Å². The van der Waals surface area contributed by atoms with Crippen molar-refractivity contribution in [3.8, 4) is 0 Å². The quantitative estimate of drug-likeness (QED) is 0.578. The zero-order valence-corrected chi connectivity index (χ0v) is 16.9. The Morgan fingerprint density at radius 1 is 1.00 bits per heavy atom. The number of aliphatic hydroxyl groups is 2. The van der Waals surface area contributed by atoms with Gasteiger partial charge in [0.05, 0.1) is 10.8 Å². The van der Waals surface area contributed by atoms with Crippen molar-refractivity contribution < 1.29 is 38.8 Å². The molecular weight excluding hydrogens is 358 g/mol. The fourth-order valence-electron chi connectivity index (χ4n) is 2.28. The van der Waals surface area contributed by atoms with Gasteiger partial charge in [-0.05, 0) is 41.5 Å². The Morgan fingerprint density at radius 3 is 1.96 bits per heavy atom. The zero-order valence-electron chi connectivity index (χ0n) is 16.9. The van der Waals surface area contributed by atoms with Crippen LogP contribution in [0.5, 0.6) is 0 Å². The average molecular weight is 389 g/mol. The number of hydrogen-bond acceptors (Lipinski definition) is 8. The van der Waals surface area contributed by atoms with Crippen molar-refractivity contribution in [3.05, 3.63) is 0 Å². The van der Waals surface area contributed by atoms with Crippen molar-refractivity contribution in [2.24, 2.45) is 10.8 Å². The molecule has 1 rings (SSSR count). The summed E-state index contributed by atoms with van der Waals surface area (Å²) in [4.78, 5) is 35.6. The van der Waals surface area contributed by atoms with Crippen molar-refractivity contribution in [2.75, 3.05) is 6.61 Å². The molecule has 0 unspecified atom stereocenters. The largest absolute Gasteiger partial charge is 0.462 e. The molecule has 0 aromatic rings. The minimum atomic E-state index is -1.56. The number of aliphatic hydroxyl groups excluding tert-OH is 2. The maximum atomic E-state index is 12.3. The maximum Gasteiger partial charge on any atom is 0.311 e. The van der Waals surface area contributed by atoms with Crippen molar-refractivity contribution in [1.29, 1.82) is 0 Å². The molecule has 27 heavy (non-hydrogen) atoms. The van der Waals surface area contributed by atoms with Crippen LogP contribution in [0.25, 0.3) is 0 Å². The second kappa shape index (κ2) is 8.53. The third-order valence-electron chi connectivity index (χ3n) is 3.91. The first-order valence-electron chi connectivity index (χ1n) is 8.81. The van der Waals surface area contributed by atoms with Gasteiger partial charge in [0.25, 0.3) is 0 Å². The standard InChI is InChI=1S/C18H31NO8/c1-9(20)19-11-12(21)13(27-16(24)18(5,6)7)10(26-14(11)22)8-25-15(23)17(2,3)4/h10-14,21-22H,8H2,1-7H3,(H,19,20)/t10-,11-,12-,13+,14+/m1/s1. The van der Waals surface area contributed by atoms with E-state index in [0.717, 1.165) is 0 Å². The third-order valence-corrected chi connectivity index (χ3v) is 3.91. The second-order valence-corrected chi connectivity index (χ2v) is 8.75. The Bertz CT molecular complexity index is 563. The second-order valence-electron chi connectivity index (χ2n) is 8.75. The normalized spacial score (nSPS) is 29.0. The first-order valence-corrected chi connectivity index (χ1v) is 8.81. The minimum Gasteiger partial charge on any atom is -0.462 e. The number of ether oxygens (including phenoxy) is 3. The predicted molar refractivity (Wildman–Crippen MR) is 94.2 cm³/mol. The average Bonchev–Trinajstić information content (AvgIpc) is 2.49. The summed E-state index contributed by atoms with van der Waals surface area (Å²) in [7, 11) is 0. The molecule has 1 saturated heterocycles. The molecule has 0 aromatic heterocycles. The Hall–Kier alpha value is -1.71. The molecule has 1 fully saturated rings. The van der Waals surface area contributed by atoms with Gasteiger partial charge in [0.1, 0.15) is 24.9 Å². The van der Waals surface area contributed by atoms with Crippen LogP contribution in [0.4, 0.5) is 0 Å². The van der Waals surface area contributed by atoms with E-state index in [1.807, 2.05) is 0 Å². The van der Waals surface area contributed by atoms with Crippen LogP contribution in [-0.2, 0) is 28.6 Å². The smallest absolute Gasteiger partial charge is 0.311 e. The first kappa shape index (κ1) is 23.3. The van der Waals surface area contributed by atoms with Gasteiger partial charge in [-0.3, -0.25) is 14.4 Å². The molecule has 0 aliphatic carbocycles. The number of amides is 1. The molecule has 0 saturated carbocycles. The molecule has 156 valence electrons. The number of nitrogens with one attached hydrogen (secondary N) is 1. The summed E-state index contributed by atoms with van der Waals surface area (Å²) in [6.45, 7) is 10.8. The molecule has 3 N–H and O–H groups in total. The molecule has 0 radical (unpaired) electrons. The first-order chi connectivity index (χ1) is 12.1. The molecule has 0 bridgehead atoms. The van der Waals surface area contributed by atoms with Crippen molar-refractivity contribution in [1.82, 2.24) is 5.32 Å². The summed E-state index contributed by atoms with van der Waals surface area (Å²) in [6.07, 6.45) is -5.36. The molecule has 5 atom stereocenters. The highest BCUT2D eigenvalue weighted by Gasteiger charge is 2.48. The molecule has 0 aromatic carbocycles. The molecule has 9 heteroatoms. The van der Waals surface area contributed by atoms with Crippen molar-refractivity contribution >= 4 is 17.8 Å². The summed E-state index contributed by atoms with van der Waals surface area (Å²) >= 11 is 0. The molecule has 9 nitrogen and oxygen atoms in total. The fourth-order valence-corrected chi connectivity index (χ4v) is 2.28. The van der Waals surface area contributed by atoms with E-state index >= 15 is 0 Å². The molecule has 1 aliphatic heterocycles. The molecule has 1 heterocycles. The van der Waals surface area contributed by atoms with Crippen LogP contribution in [0, 0.1) is 10.8 Å². The summed E-state index contributed by atoms with van der Waals surface area (Å²) in [5.74, 6) is -1.62. The zero-order chi connectivity index (χ0) is 21.2. The topological polar surface area (TPSA) is 131 Å². The lowest BCUT2D eigenvalue weighted by molar-refractivity contribution is -0.263. The molecule has 0 spiro atoms. The van der Waals surface area contributed by atoms with Gasteiger partial charge in [-0.15, -0.1) is 0 Å². The van der Waals surface area contributed by atoms with Crippen LogP contribution in [0.2, 0.25) is 0 Å². The van der Waals surface area contributed by atoms with Crippen molar-refractivity contribution in [2.45, 2.75) is 79.1 Å². The van der Waals surface area contributed by atoms with E-state index in [2.05, 4.69) is 5.32 Å². The van der Waals surface area contributed by atoms with Gasteiger partial charge in [-0.2, -0.15) is 0 Å². The minimum absolute atomic E-state index is 0.334. The lowest BCUT2D eigenvalue weighted by Gasteiger charge is -2.42. The highest BCUT2D eigenvalue weighted by atomic mass is 16.7. The summed E-state index contributed by atoms with van der Waals surface area (Å²) in [5.41, 5.74) is -1.62. The van der Waals surface area contributed by atoms with Gasteiger partial charge in [0, 0.05) is 6.92 Å². The Balaban J connectivity index is 3.01. The summed E-state index contributed by atoms with van der Waals surface area (Å²) in [5, 5.41) is 23.1. The van der Waals surface area contributed by atoms with E-state index < -0.39 is 59.3 Å². The van der Waals surface area contributed by atoms with Crippen LogP contribution >= 0.6 is 0 Å². The van der Waals surface area contributed by atoms with E-state index in [1.54, 1.807) is 41.5 Å². The van der Waals surface area contributed by atoms with E-state index in [4.69, 9.17) is 14.2 Å². The van der Waals surface area contributed by atoms with Crippen LogP contribution in [0.15, 0.2) is 0 Å². The predicted octanol–water partition coefficient (Wildman–Crippen LogP) is 0.116. The number of carbonyl (C=O) groups is 3. The maximum absolute atomic E-state index is 12.3. The van der Waals surface area contributed by atoms with Crippen LogP contribution in [-0.4, -0.2) is 65.3 Å². The van der Waals surface area contributed by atoms with Crippen LogP contribution in [0.1, 0.15) is 48.5 Å². The van der Waals surface area contributed by atoms with E-state index in [9.17, 15) is 24.6 Å². The number of hydrogen-bond donors (Lipinski definition) is 3. The summed E-state index contributed by atoms with van der Waals surface area (Å²) < 4.78 is 16.0. The van der Waals surface area contributed by atoms with Gasteiger partial charge in [-0.1, -0.05) is 0 Å². The van der Waals surface area contributed by atoms with Crippen LogP contribution in [0.3, 0.4) is 0 Å². The molecule has 1 aliphatic rings. The Labute approximate surface area is 159 Å². The Morgan fingerprint density at radius 2 is 1.52 bits per heavy atom. The third kappa shape index (κ3) is 6.44. The van der Waals surface area contributed by atoms with E-state index in [-0.39, 0.29) is 6.61 Å². The van der Waals surface area contributed by atoms with Crippen LogP contribution < -0.4 is 5.32 Å². The van der Waals surface area contributed by atoms with E-state index in [0.29, 0.717) is 0 Å². The lowest BCUT2D eigenvalue weighted by Crippen LogP contribution is -2.65. The lowest BCUT2D eigenvalue weighted by atomic mass is 9.94. The summed E-state index contributed by atoms with van der Waals surface area (Å²) in [6, 6.07) is -1.20. The Kier molecular flexibility index (Phi) is 7.37. The van der Waals surface area contributed by atoms with Gasteiger partial charge < -0.3 is 29.7 Å². The highest BCUT2D eigenvalue weighted by Crippen LogP contribution is 2.27. The van der Waals surface area contributed by atoms with Gasteiger partial charge >= 0.3 is 11.9 Å². The monoisotopic (exact) mass is 389 g/mol.